The van der Waals surface area contributed by atoms with Crippen LogP contribution in [0.15, 0.2) is 23.3 Å². The number of benzene rings is 1. The van der Waals surface area contributed by atoms with Crippen LogP contribution in [0.4, 0.5) is 0 Å². The molecule has 0 fully saturated rings. The molecule has 4 nitrogen and oxygen atoms in total. The first-order valence-corrected chi connectivity index (χ1v) is 5.81. The molecule has 1 aromatic rings. The van der Waals surface area contributed by atoms with E-state index in [4.69, 9.17) is 4.74 Å². The highest BCUT2D eigenvalue weighted by molar-refractivity contribution is 6.07. The molecule has 1 aliphatic heterocycles. The van der Waals surface area contributed by atoms with Gasteiger partial charge in [0.15, 0.2) is 0 Å². The van der Waals surface area contributed by atoms with Crippen molar-refractivity contribution in [2.75, 3.05) is 7.11 Å². The van der Waals surface area contributed by atoms with Crippen molar-refractivity contribution in [3.8, 4) is 5.75 Å². The number of ether oxygens (including phenoxy) is 1. The molecule has 4 heteroatoms. The van der Waals surface area contributed by atoms with E-state index in [-0.39, 0.29) is 11.8 Å². The Hall–Kier alpha value is -1.84. The Morgan fingerprint density at radius 3 is 3.18 bits per heavy atom. The van der Waals surface area contributed by atoms with E-state index in [0.29, 0.717) is 6.42 Å². The summed E-state index contributed by atoms with van der Waals surface area (Å²) < 4.78 is 5.24. The van der Waals surface area contributed by atoms with Gasteiger partial charge in [-0.1, -0.05) is 6.07 Å². The lowest BCUT2D eigenvalue weighted by Crippen LogP contribution is -2.36. The molecule has 88 valence electrons. The third kappa shape index (κ3) is 1.69. The molecule has 1 atom stereocenters. The number of hydrogen-bond donors (Lipinski definition) is 1. The zero-order valence-electron chi connectivity index (χ0n) is 9.69. The lowest BCUT2D eigenvalue weighted by Gasteiger charge is -2.29. The van der Waals surface area contributed by atoms with Crippen LogP contribution in [0.25, 0.3) is 0 Å². The largest absolute Gasteiger partial charge is 0.497 e. The first kappa shape index (κ1) is 10.3. The van der Waals surface area contributed by atoms with Crippen LogP contribution in [0.1, 0.15) is 24.0 Å². The van der Waals surface area contributed by atoms with E-state index >= 15 is 0 Å². The number of methoxy groups -OCH3 is 1. The average Bonchev–Trinajstić information content (AvgIpc) is 2.37. The molecule has 1 aromatic carbocycles. The van der Waals surface area contributed by atoms with Gasteiger partial charge in [0.1, 0.15) is 5.75 Å². The summed E-state index contributed by atoms with van der Waals surface area (Å²) in [7, 11) is 1.66. The molecule has 2 aliphatic rings. The van der Waals surface area contributed by atoms with Crippen LogP contribution < -0.4 is 10.2 Å². The summed E-state index contributed by atoms with van der Waals surface area (Å²) in [4.78, 5) is 11.3. The predicted molar refractivity (Wildman–Crippen MR) is 64.1 cm³/mol. The van der Waals surface area contributed by atoms with Gasteiger partial charge in [-0.05, 0) is 30.5 Å². The molecule has 0 bridgehead atoms. The number of amides is 1. The first-order chi connectivity index (χ1) is 8.28. The van der Waals surface area contributed by atoms with Crippen molar-refractivity contribution < 1.29 is 9.53 Å². The zero-order valence-corrected chi connectivity index (χ0v) is 9.69. The van der Waals surface area contributed by atoms with Crippen LogP contribution in [-0.2, 0) is 11.2 Å². The molecular formula is C13H14N2O2. The van der Waals surface area contributed by atoms with E-state index in [1.54, 1.807) is 7.11 Å². The molecule has 1 aliphatic carbocycles. The van der Waals surface area contributed by atoms with Gasteiger partial charge >= 0.3 is 0 Å². The number of fused-ring (bicyclic) bond motifs is 3. The smallest absolute Gasteiger partial charge is 0.240 e. The Bertz CT molecular complexity index is 508. The summed E-state index contributed by atoms with van der Waals surface area (Å²) in [6, 6.07) is 6.07. The fraction of sp³-hybridized carbons (Fsp3) is 0.385. The summed E-state index contributed by atoms with van der Waals surface area (Å²) in [6.07, 6.45) is 2.57. The van der Waals surface area contributed by atoms with Gasteiger partial charge < -0.3 is 4.74 Å². The molecule has 0 saturated carbocycles. The number of carbonyl (C=O) groups excluding carboxylic acids is 1. The topological polar surface area (TPSA) is 50.7 Å². The number of carbonyl (C=O) groups is 1. The molecule has 17 heavy (non-hydrogen) atoms. The van der Waals surface area contributed by atoms with Gasteiger partial charge in [0.05, 0.1) is 12.8 Å². The SMILES string of the molecule is COc1ccc2c(c1)C1=NNC(=O)CC1CC2. The van der Waals surface area contributed by atoms with Crippen LogP contribution in [-0.4, -0.2) is 18.7 Å². The van der Waals surface area contributed by atoms with Crippen LogP contribution in [0, 0.1) is 5.92 Å². The quantitative estimate of drug-likeness (QED) is 0.794. The molecule has 0 spiro atoms. The summed E-state index contributed by atoms with van der Waals surface area (Å²) in [5.41, 5.74) is 5.99. The molecule has 1 amide bonds. The maximum absolute atomic E-state index is 11.3. The number of rotatable bonds is 1. The van der Waals surface area contributed by atoms with Gasteiger partial charge in [-0.3, -0.25) is 4.79 Å². The van der Waals surface area contributed by atoms with E-state index in [9.17, 15) is 4.79 Å². The maximum atomic E-state index is 11.3. The summed E-state index contributed by atoms with van der Waals surface area (Å²) in [6.45, 7) is 0. The minimum atomic E-state index is 0.0186. The number of aryl methyl sites for hydroxylation is 1. The molecular weight excluding hydrogens is 216 g/mol. The van der Waals surface area contributed by atoms with Crippen molar-refractivity contribution in [1.29, 1.82) is 0 Å². The van der Waals surface area contributed by atoms with E-state index in [1.165, 1.54) is 5.56 Å². The van der Waals surface area contributed by atoms with Crippen molar-refractivity contribution >= 4 is 11.6 Å². The maximum Gasteiger partial charge on any atom is 0.240 e. The highest BCUT2D eigenvalue weighted by atomic mass is 16.5. The molecule has 0 saturated heterocycles. The van der Waals surface area contributed by atoms with Crippen molar-refractivity contribution in [3.05, 3.63) is 29.3 Å². The minimum absolute atomic E-state index is 0.0186. The second kappa shape index (κ2) is 3.87. The Labute approximate surface area is 99.7 Å². The van der Waals surface area contributed by atoms with Gasteiger partial charge in [-0.25, -0.2) is 5.43 Å². The Kier molecular flexibility index (Phi) is 2.35. The van der Waals surface area contributed by atoms with E-state index in [0.717, 1.165) is 29.9 Å². The highest BCUT2D eigenvalue weighted by Crippen LogP contribution is 2.31. The number of nitrogens with zero attached hydrogens (tertiary/aromatic N) is 1. The Morgan fingerprint density at radius 2 is 2.35 bits per heavy atom. The lowest BCUT2D eigenvalue weighted by atomic mass is 9.80. The molecule has 0 radical (unpaired) electrons. The van der Waals surface area contributed by atoms with E-state index < -0.39 is 0 Å². The summed E-state index contributed by atoms with van der Waals surface area (Å²) >= 11 is 0. The second-order valence-electron chi connectivity index (χ2n) is 4.49. The predicted octanol–water partition coefficient (Wildman–Crippen LogP) is 1.48. The van der Waals surface area contributed by atoms with Gasteiger partial charge in [-0.15, -0.1) is 0 Å². The van der Waals surface area contributed by atoms with E-state index in [1.807, 2.05) is 12.1 Å². The first-order valence-electron chi connectivity index (χ1n) is 5.81. The van der Waals surface area contributed by atoms with Crippen molar-refractivity contribution in [2.24, 2.45) is 11.0 Å². The van der Waals surface area contributed by atoms with Crippen molar-refractivity contribution in [3.63, 3.8) is 0 Å². The monoisotopic (exact) mass is 230 g/mol. The lowest BCUT2D eigenvalue weighted by molar-refractivity contribution is -0.122. The second-order valence-corrected chi connectivity index (χ2v) is 4.49. The van der Waals surface area contributed by atoms with Crippen LogP contribution in [0.5, 0.6) is 5.75 Å². The Balaban J connectivity index is 2.07. The number of nitrogens with one attached hydrogen (secondary N) is 1. The van der Waals surface area contributed by atoms with Crippen LogP contribution >= 0.6 is 0 Å². The zero-order chi connectivity index (χ0) is 11.8. The standard InChI is InChI=1S/C13H14N2O2/c1-17-10-5-4-8-2-3-9-6-12(16)14-15-13(9)11(8)7-10/h4-5,7,9H,2-3,6H2,1H3,(H,14,16). The van der Waals surface area contributed by atoms with Gasteiger partial charge in [0.25, 0.3) is 0 Å². The summed E-state index contributed by atoms with van der Waals surface area (Å²) in [5.74, 6) is 1.12. The molecule has 1 heterocycles. The van der Waals surface area contributed by atoms with Crippen LogP contribution in [0.3, 0.4) is 0 Å². The number of hydrogen-bond acceptors (Lipinski definition) is 3. The van der Waals surface area contributed by atoms with Gasteiger partial charge in [0, 0.05) is 17.9 Å². The highest BCUT2D eigenvalue weighted by Gasteiger charge is 2.30. The normalized spacial score (nSPS) is 22.1. The molecule has 3 rings (SSSR count). The Morgan fingerprint density at radius 1 is 1.47 bits per heavy atom. The van der Waals surface area contributed by atoms with E-state index in [2.05, 4.69) is 16.6 Å². The minimum Gasteiger partial charge on any atom is -0.497 e. The third-order valence-corrected chi connectivity index (χ3v) is 3.47. The average molecular weight is 230 g/mol. The fourth-order valence-corrected chi connectivity index (χ4v) is 2.57. The van der Waals surface area contributed by atoms with Crippen LogP contribution in [0.2, 0.25) is 0 Å². The molecule has 1 unspecified atom stereocenters. The van der Waals surface area contributed by atoms with Crippen molar-refractivity contribution in [1.82, 2.24) is 5.43 Å². The third-order valence-electron chi connectivity index (χ3n) is 3.47. The summed E-state index contributed by atoms with van der Waals surface area (Å²) in [5, 5.41) is 4.21. The van der Waals surface area contributed by atoms with Gasteiger partial charge in [0.2, 0.25) is 5.91 Å². The molecule has 1 N–H and O–H groups in total. The van der Waals surface area contributed by atoms with Gasteiger partial charge in [-0.2, -0.15) is 5.10 Å². The molecule has 0 aromatic heterocycles. The fourth-order valence-electron chi connectivity index (χ4n) is 2.57. The number of hydrazone groups is 1. The van der Waals surface area contributed by atoms with Crippen molar-refractivity contribution in [2.45, 2.75) is 19.3 Å².